The molecule has 3 aromatic heterocycles. The Morgan fingerprint density at radius 1 is 1.06 bits per heavy atom. The van der Waals surface area contributed by atoms with Gasteiger partial charge < -0.3 is 10.2 Å². The molecule has 1 aromatic carbocycles. The second-order valence-corrected chi connectivity index (χ2v) is 9.48. The zero-order chi connectivity index (χ0) is 24.2. The van der Waals surface area contributed by atoms with E-state index in [2.05, 4.69) is 41.3 Å². The van der Waals surface area contributed by atoms with Gasteiger partial charge in [-0.3, -0.25) is 24.8 Å². The van der Waals surface area contributed by atoms with Crippen molar-refractivity contribution in [3.8, 4) is 11.1 Å². The number of aromatic nitrogens is 4. The SMILES string of the molecule is CN(C)Cc1cncc(-c2ccc3[nH]nc(C(=O)Nc4ccnc(CN5CCCCC5)c4)c3c2)c1. The molecule has 4 heterocycles. The van der Waals surface area contributed by atoms with E-state index in [9.17, 15) is 4.79 Å². The molecule has 0 unspecified atom stereocenters. The number of pyridine rings is 2. The van der Waals surface area contributed by atoms with Crippen molar-refractivity contribution < 1.29 is 4.79 Å². The first kappa shape index (κ1) is 23.1. The molecule has 5 rings (SSSR count). The fraction of sp³-hybridized carbons (Fsp3) is 0.333. The van der Waals surface area contributed by atoms with Crippen molar-refractivity contribution in [1.29, 1.82) is 0 Å². The highest BCUT2D eigenvalue weighted by Crippen LogP contribution is 2.26. The molecular formula is C27H31N7O. The monoisotopic (exact) mass is 469 g/mol. The topological polar surface area (TPSA) is 90.0 Å². The summed E-state index contributed by atoms with van der Waals surface area (Å²) in [6, 6.07) is 11.9. The van der Waals surface area contributed by atoms with Crippen molar-refractivity contribution in [3.05, 3.63) is 71.9 Å². The first-order valence-electron chi connectivity index (χ1n) is 12.1. The largest absolute Gasteiger partial charge is 0.320 e. The molecule has 0 spiro atoms. The molecule has 180 valence electrons. The molecule has 4 aromatic rings. The van der Waals surface area contributed by atoms with Gasteiger partial charge in [0.1, 0.15) is 0 Å². The van der Waals surface area contributed by atoms with Crippen LogP contribution in [-0.2, 0) is 13.1 Å². The number of piperidine rings is 1. The lowest BCUT2D eigenvalue weighted by molar-refractivity contribution is 0.102. The van der Waals surface area contributed by atoms with E-state index in [1.165, 1.54) is 19.3 Å². The lowest BCUT2D eigenvalue weighted by Crippen LogP contribution is -2.29. The van der Waals surface area contributed by atoms with Gasteiger partial charge in [0.05, 0.1) is 11.2 Å². The number of carbonyl (C=O) groups excluding carboxylic acids is 1. The number of nitrogens with one attached hydrogen (secondary N) is 2. The minimum absolute atomic E-state index is 0.247. The van der Waals surface area contributed by atoms with Gasteiger partial charge in [0.15, 0.2) is 5.69 Å². The van der Waals surface area contributed by atoms with Crippen molar-refractivity contribution in [3.63, 3.8) is 0 Å². The van der Waals surface area contributed by atoms with E-state index in [4.69, 9.17) is 0 Å². The fourth-order valence-corrected chi connectivity index (χ4v) is 4.64. The number of nitrogens with zero attached hydrogens (tertiary/aromatic N) is 5. The van der Waals surface area contributed by atoms with Crippen molar-refractivity contribution in [2.45, 2.75) is 32.4 Å². The summed E-state index contributed by atoms with van der Waals surface area (Å²) in [6.07, 6.45) is 9.26. The van der Waals surface area contributed by atoms with Gasteiger partial charge in [-0.1, -0.05) is 12.5 Å². The molecule has 35 heavy (non-hydrogen) atoms. The predicted molar refractivity (Wildman–Crippen MR) is 138 cm³/mol. The van der Waals surface area contributed by atoms with E-state index in [0.717, 1.165) is 65.2 Å². The molecule has 0 atom stereocenters. The molecule has 1 aliphatic heterocycles. The van der Waals surface area contributed by atoms with Crippen LogP contribution in [0.15, 0.2) is 55.0 Å². The summed E-state index contributed by atoms with van der Waals surface area (Å²) < 4.78 is 0. The highest BCUT2D eigenvalue weighted by atomic mass is 16.1. The Morgan fingerprint density at radius 3 is 2.74 bits per heavy atom. The number of fused-ring (bicyclic) bond motifs is 1. The number of aromatic amines is 1. The lowest BCUT2D eigenvalue weighted by atomic mass is 10.0. The second-order valence-electron chi connectivity index (χ2n) is 9.48. The molecule has 1 fully saturated rings. The van der Waals surface area contributed by atoms with Crippen LogP contribution in [0.25, 0.3) is 22.0 Å². The van der Waals surface area contributed by atoms with Crippen LogP contribution in [0.5, 0.6) is 0 Å². The molecule has 2 N–H and O–H groups in total. The minimum Gasteiger partial charge on any atom is -0.320 e. The normalized spacial score (nSPS) is 14.5. The van der Waals surface area contributed by atoms with Gasteiger partial charge in [-0.25, -0.2) is 0 Å². The number of carbonyl (C=O) groups is 1. The first-order valence-corrected chi connectivity index (χ1v) is 12.1. The number of rotatable bonds is 7. The van der Waals surface area contributed by atoms with E-state index in [1.807, 2.05) is 56.8 Å². The van der Waals surface area contributed by atoms with Crippen LogP contribution in [-0.4, -0.2) is 63.1 Å². The van der Waals surface area contributed by atoms with Crippen LogP contribution in [0.3, 0.4) is 0 Å². The van der Waals surface area contributed by atoms with E-state index in [0.29, 0.717) is 5.69 Å². The van der Waals surface area contributed by atoms with Crippen molar-refractivity contribution in [1.82, 2.24) is 30.0 Å². The first-order chi connectivity index (χ1) is 17.0. The average molecular weight is 470 g/mol. The number of benzene rings is 1. The summed E-state index contributed by atoms with van der Waals surface area (Å²) in [7, 11) is 4.07. The quantitative estimate of drug-likeness (QED) is 0.419. The molecule has 1 saturated heterocycles. The molecule has 0 radical (unpaired) electrons. The highest BCUT2D eigenvalue weighted by molar-refractivity contribution is 6.11. The average Bonchev–Trinajstić information content (AvgIpc) is 3.28. The Hall–Kier alpha value is -3.62. The number of likely N-dealkylation sites (tertiary alicyclic amines) is 1. The molecule has 0 saturated carbocycles. The molecule has 0 bridgehead atoms. The van der Waals surface area contributed by atoms with Crippen LogP contribution in [0.2, 0.25) is 0 Å². The van der Waals surface area contributed by atoms with Gasteiger partial charge in [0.2, 0.25) is 0 Å². The Morgan fingerprint density at radius 2 is 1.91 bits per heavy atom. The van der Waals surface area contributed by atoms with Gasteiger partial charge in [-0.2, -0.15) is 5.10 Å². The summed E-state index contributed by atoms with van der Waals surface area (Å²) >= 11 is 0. The molecular weight excluding hydrogens is 438 g/mol. The van der Waals surface area contributed by atoms with Gasteiger partial charge in [-0.05, 0) is 81.5 Å². The highest BCUT2D eigenvalue weighted by Gasteiger charge is 2.17. The third-order valence-electron chi connectivity index (χ3n) is 6.31. The van der Waals surface area contributed by atoms with Crippen molar-refractivity contribution in [2.24, 2.45) is 0 Å². The molecule has 1 aliphatic rings. The Bertz CT molecular complexity index is 1320. The molecule has 0 aliphatic carbocycles. The van der Waals surface area contributed by atoms with Gasteiger partial charge >= 0.3 is 0 Å². The van der Waals surface area contributed by atoms with Crippen LogP contribution >= 0.6 is 0 Å². The summed E-state index contributed by atoms with van der Waals surface area (Å²) in [5, 5.41) is 11.1. The third-order valence-corrected chi connectivity index (χ3v) is 6.31. The number of anilines is 1. The van der Waals surface area contributed by atoms with Gasteiger partial charge in [-0.15, -0.1) is 0 Å². The standard InChI is InChI=1S/C27H31N7O/c1-33(2)17-19-12-21(16-28-15-19)20-6-7-25-24(13-20)26(32-31-25)27(35)30-22-8-9-29-23(14-22)18-34-10-4-3-5-11-34/h6-9,12-16H,3-5,10-11,17-18H2,1-2H3,(H,31,32)(H,29,30,35). The van der Waals surface area contributed by atoms with E-state index in [-0.39, 0.29) is 5.91 Å². The summed E-state index contributed by atoms with van der Waals surface area (Å²) in [5.41, 5.74) is 6.01. The van der Waals surface area contributed by atoms with E-state index in [1.54, 1.807) is 6.20 Å². The van der Waals surface area contributed by atoms with Crippen molar-refractivity contribution >= 4 is 22.5 Å². The number of H-pyrrole nitrogens is 1. The van der Waals surface area contributed by atoms with Crippen molar-refractivity contribution in [2.75, 3.05) is 32.5 Å². The maximum Gasteiger partial charge on any atom is 0.276 e. The number of amides is 1. The maximum absolute atomic E-state index is 13.2. The molecule has 1 amide bonds. The third kappa shape index (κ3) is 5.55. The zero-order valence-corrected chi connectivity index (χ0v) is 20.3. The fourth-order valence-electron chi connectivity index (χ4n) is 4.64. The van der Waals surface area contributed by atoms with Crippen LogP contribution < -0.4 is 5.32 Å². The number of hydrogen-bond donors (Lipinski definition) is 2. The minimum atomic E-state index is -0.247. The predicted octanol–water partition coefficient (Wildman–Crippen LogP) is 4.32. The van der Waals surface area contributed by atoms with E-state index >= 15 is 0 Å². The lowest BCUT2D eigenvalue weighted by Gasteiger charge is -2.26. The Kier molecular flexibility index (Phi) is 6.83. The number of hydrogen-bond acceptors (Lipinski definition) is 6. The maximum atomic E-state index is 13.2. The zero-order valence-electron chi connectivity index (χ0n) is 20.3. The summed E-state index contributed by atoms with van der Waals surface area (Å²) in [6.45, 7) is 3.83. The van der Waals surface area contributed by atoms with Crippen LogP contribution in [0.1, 0.15) is 41.0 Å². The van der Waals surface area contributed by atoms with Crippen LogP contribution in [0, 0.1) is 0 Å². The molecule has 8 heteroatoms. The van der Waals surface area contributed by atoms with Gasteiger partial charge in [0, 0.05) is 48.3 Å². The Balaban J connectivity index is 1.36. The van der Waals surface area contributed by atoms with Gasteiger partial charge in [0.25, 0.3) is 5.91 Å². The van der Waals surface area contributed by atoms with Crippen LogP contribution in [0.4, 0.5) is 5.69 Å². The second kappa shape index (κ2) is 10.3. The smallest absolute Gasteiger partial charge is 0.276 e. The van der Waals surface area contributed by atoms with E-state index < -0.39 is 0 Å². The Labute approximate surface area is 205 Å². The summed E-state index contributed by atoms with van der Waals surface area (Å²) in [5.74, 6) is -0.247. The molecule has 8 nitrogen and oxygen atoms in total. The summed E-state index contributed by atoms with van der Waals surface area (Å²) in [4.78, 5) is 26.6.